The lowest BCUT2D eigenvalue weighted by Gasteiger charge is -2.31. The second-order valence-corrected chi connectivity index (χ2v) is 6.17. The van der Waals surface area contributed by atoms with Gasteiger partial charge in [0.25, 0.3) is 0 Å². The standard InChI is InChI=1S/C13H19N3O2S/c1-2-19-12-8-4-3-6-10(12)15-13-11(16(17)18)7-5-9-14-13/h5,7,9-10,12H,2-4,6,8H2,1H3,(H,14,15)/t10-,12+/m0/s1. The summed E-state index contributed by atoms with van der Waals surface area (Å²) in [5.41, 5.74) is 0.0633. The van der Waals surface area contributed by atoms with Crippen molar-refractivity contribution in [2.75, 3.05) is 11.1 Å². The summed E-state index contributed by atoms with van der Waals surface area (Å²) in [6.07, 6.45) is 6.27. The Kier molecular flexibility index (Phi) is 5.01. The molecule has 0 amide bonds. The van der Waals surface area contributed by atoms with Gasteiger partial charge in [0.15, 0.2) is 0 Å². The summed E-state index contributed by atoms with van der Waals surface area (Å²) in [7, 11) is 0. The van der Waals surface area contributed by atoms with E-state index in [4.69, 9.17) is 0 Å². The number of rotatable bonds is 5. The number of anilines is 1. The molecule has 1 heterocycles. The number of nitro groups is 1. The van der Waals surface area contributed by atoms with Gasteiger partial charge in [-0.3, -0.25) is 10.1 Å². The van der Waals surface area contributed by atoms with Gasteiger partial charge < -0.3 is 5.32 Å². The molecule has 0 aliphatic heterocycles. The van der Waals surface area contributed by atoms with E-state index < -0.39 is 0 Å². The van der Waals surface area contributed by atoms with Crippen LogP contribution in [-0.2, 0) is 0 Å². The third-order valence-electron chi connectivity index (χ3n) is 3.39. The maximum Gasteiger partial charge on any atom is 0.311 e. The van der Waals surface area contributed by atoms with Crippen LogP contribution < -0.4 is 5.32 Å². The monoisotopic (exact) mass is 281 g/mol. The molecule has 0 radical (unpaired) electrons. The lowest BCUT2D eigenvalue weighted by atomic mass is 9.95. The quantitative estimate of drug-likeness (QED) is 0.661. The molecule has 1 N–H and O–H groups in total. The first-order chi connectivity index (χ1) is 9.22. The summed E-state index contributed by atoms with van der Waals surface area (Å²) < 4.78 is 0. The summed E-state index contributed by atoms with van der Waals surface area (Å²) in [5, 5.41) is 14.8. The Morgan fingerprint density at radius 3 is 3.05 bits per heavy atom. The van der Waals surface area contributed by atoms with Crippen LogP contribution in [0.25, 0.3) is 0 Å². The van der Waals surface area contributed by atoms with Crippen LogP contribution in [0.1, 0.15) is 32.6 Å². The molecule has 5 nitrogen and oxygen atoms in total. The Hall–Kier alpha value is -1.30. The van der Waals surface area contributed by atoms with E-state index in [2.05, 4.69) is 17.2 Å². The number of pyridine rings is 1. The fourth-order valence-corrected chi connectivity index (χ4v) is 3.70. The molecule has 1 aromatic rings. The normalized spacial score (nSPS) is 23.0. The van der Waals surface area contributed by atoms with Gasteiger partial charge >= 0.3 is 5.69 Å². The highest BCUT2D eigenvalue weighted by atomic mass is 32.2. The Morgan fingerprint density at radius 1 is 1.53 bits per heavy atom. The van der Waals surface area contributed by atoms with E-state index in [1.807, 2.05) is 11.8 Å². The lowest BCUT2D eigenvalue weighted by molar-refractivity contribution is -0.384. The molecule has 2 rings (SSSR count). The Morgan fingerprint density at radius 2 is 2.32 bits per heavy atom. The number of nitrogens with zero attached hydrogens (tertiary/aromatic N) is 2. The molecule has 0 spiro atoms. The summed E-state index contributed by atoms with van der Waals surface area (Å²) in [5.74, 6) is 1.48. The smallest absolute Gasteiger partial charge is 0.311 e. The Bertz CT molecular complexity index is 440. The van der Waals surface area contributed by atoms with Crippen LogP contribution in [0.5, 0.6) is 0 Å². The minimum absolute atomic E-state index is 0.0633. The molecule has 1 aromatic heterocycles. The third kappa shape index (κ3) is 3.59. The van der Waals surface area contributed by atoms with Crippen molar-refractivity contribution in [3.05, 3.63) is 28.4 Å². The summed E-state index contributed by atoms with van der Waals surface area (Å²) >= 11 is 1.93. The molecule has 1 fully saturated rings. The van der Waals surface area contributed by atoms with Crippen molar-refractivity contribution in [3.8, 4) is 0 Å². The van der Waals surface area contributed by atoms with Crippen LogP contribution in [0.4, 0.5) is 11.5 Å². The zero-order chi connectivity index (χ0) is 13.7. The van der Waals surface area contributed by atoms with E-state index in [1.165, 1.54) is 25.3 Å². The van der Waals surface area contributed by atoms with Gasteiger partial charge in [-0.05, 0) is 24.7 Å². The van der Waals surface area contributed by atoms with Gasteiger partial charge in [-0.25, -0.2) is 4.98 Å². The van der Waals surface area contributed by atoms with Crippen LogP contribution in [0, 0.1) is 10.1 Å². The molecule has 1 aliphatic carbocycles. The van der Waals surface area contributed by atoms with Crippen LogP contribution in [-0.4, -0.2) is 27.0 Å². The SMILES string of the molecule is CCS[C@@H]1CCCC[C@@H]1Nc1ncccc1[N+](=O)[O-]. The first-order valence-corrected chi connectivity index (χ1v) is 7.74. The predicted octanol–water partition coefficient (Wildman–Crippen LogP) is 3.47. The van der Waals surface area contributed by atoms with Crippen LogP contribution >= 0.6 is 11.8 Å². The van der Waals surface area contributed by atoms with E-state index in [9.17, 15) is 10.1 Å². The van der Waals surface area contributed by atoms with Crippen molar-refractivity contribution in [2.24, 2.45) is 0 Å². The molecule has 0 saturated heterocycles. The van der Waals surface area contributed by atoms with Crippen molar-refractivity contribution >= 4 is 23.3 Å². The van der Waals surface area contributed by atoms with Crippen molar-refractivity contribution in [3.63, 3.8) is 0 Å². The van der Waals surface area contributed by atoms with Gasteiger partial charge in [0.05, 0.1) is 4.92 Å². The van der Waals surface area contributed by atoms with Gasteiger partial charge in [-0.1, -0.05) is 19.8 Å². The summed E-state index contributed by atoms with van der Waals surface area (Å²) in [4.78, 5) is 14.7. The largest absolute Gasteiger partial charge is 0.360 e. The fraction of sp³-hybridized carbons (Fsp3) is 0.615. The molecule has 19 heavy (non-hydrogen) atoms. The molecule has 6 heteroatoms. The number of nitrogens with one attached hydrogen (secondary N) is 1. The van der Waals surface area contributed by atoms with Crippen molar-refractivity contribution in [2.45, 2.75) is 43.9 Å². The minimum atomic E-state index is -0.375. The van der Waals surface area contributed by atoms with Crippen LogP contribution in [0.2, 0.25) is 0 Å². The molecular weight excluding hydrogens is 262 g/mol. The second-order valence-electron chi connectivity index (χ2n) is 4.66. The summed E-state index contributed by atoms with van der Waals surface area (Å²) in [6.45, 7) is 2.15. The lowest BCUT2D eigenvalue weighted by Crippen LogP contribution is -2.35. The molecule has 0 unspecified atom stereocenters. The van der Waals surface area contributed by atoms with Gasteiger partial charge in [-0.2, -0.15) is 11.8 Å². The van der Waals surface area contributed by atoms with E-state index in [1.54, 1.807) is 12.3 Å². The highest BCUT2D eigenvalue weighted by Gasteiger charge is 2.27. The number of thioether (sulfide) groups is 1. The molecule has 104 valence electrons. The highest BCUT2D eigenvalue weighted by molar-refractivity contribution is 7.99. The zero-order valence-corrected chi connectivity index (χ0v) is 11.9. The molecule has 0 aromatic carbocycles. The average molecular weight is 281 g/mol. The summed E-state index contributed by atoms with van der Waals surface area (Å²) in [6, 6.07) is 3.38. The van der Waals surface area contributed by atoms with Gasteiger partial charge in [-0.15, -0.1) is 0 Å². The molecule has 2 atom stereocenters. The van der Waals surface area contributed by atoms with E-state index in [0.717, 1.165) is 12.2 Å². The number of aromatic nitrogens is 1. The van der Waals surface area contributed by atoms with Crippen molar-refractivity contribution < 1.29 is 4.92 Å². The minimum Gasteiger partial charge on any atom is -0.360 e. The first kappa shape index (κ1) is 14.1. The van der Waals surface area contributed by atoms with Crippen LogP contribution in [0.3, 0.4) is 0 Å². The molecule has 1 saturated carbocycles. The first-order valence-electron chi connectivity index (χ1n) is 6.70. The number of hydrogen-bond donors (Lipinski definition) is 1. The molecule has 1 aliphatic rings. The maximum absolute atomic E-state index is 11.0. The van der Waals surface area contributed by atoms with Crippen LogP contribution in [0.15, 0.2) is 18.3 Å². The van der Waals surface area contributed by atoms with Crippen molar-refractivity contribution in [1.82, 2.24) is 4.98 Å². The van der Waals surface area contributed by atoms with E-state index >= 15 is 0 Å². The third-order valence-corrected chi connectivity index (χ3v) is 4.71. The number of hydrogen-bond acceptors (Lipinski definition) is 5. The average Bonchev–Trinajstić information content (AvgIpc) is 2.42. The maximum atomic E-state index is 11.0. The molecular formula is C13H19N3O2S. The zero-order valence-electron chi connectivity index (χ0n) is 11.0. The Labute approximate surface area is 117 Å². The molecule has 0 bridgehead atoms. The highest BCUT2D eigenvalue weighted by Crippen LogP contribution is 2.32. The Balaban J connectivity index is 2.12. The van der Waals surface area contributed by atoms with Crippen molar-refractivity contribution in [1.29, 1.82) is 0 Å². The van der Waals surface area contributed by atoms with Gasteiger partial charge in [0, 0.05) is 23.6 Å². The van der Waals surface area contributed by atoms with E-state index in [-0.39, 0.29) is 16.7 Å². The second kappa shape index (κ2) is 6.75. The fourth-order valence-electron chi connectivity index (χ4n) is 2.51. The topological polar surface area (TPSA) is 68.1 Å². The van der Waals surface area contributed by atoms with Gasteiger partial charge in [0.2, 0.25) is 5.82 Å². The van der Waals surface area contributed by atoms with Gasteiger partial charge in [0.1, 0.15) is 0 Å². The van der Waals surface area contributed by atoms with E-state index in [0.29, 0.717) is 11.1 Å². The predicted molar refractivity (Wildman–Crippen MR) is 78.7 cm³/mol.